The Morgan fingerprint density at radius 3 is 2.64 bits per heavy atom. The van der Waals surface area contributed by atoms with Crippen molar-refractivity contribution < 1.29 is 10.2 Å². The number of aromatic hydroxyl groups is 2. The van der Waals surface area contributed by atoms with Crippen molar-refractivity contribution in [3.63, 3.8) is 0 Å². The standard InChI is InChI=1S/C28H41N3O2/c1-19(2)27(30-16-24-12-21-8-9-26(33)13-22(21)15-29-24)18-31-11-10-28(4,20(3)17-31)23-6-5-7-25(32)14-23/h5-9,13-14,19-20,24,27,29-30,32-33H,10-12,15-18H2,1-4H3/t20-,24?,27+,28+/m0/s1. The van der Waals surface area contributed by atoms with Crippen LogP contribution < -0.4 is 10.6 Å². The zero-order valence-corrected chi connectivity index (χ0v) is 20.6. The minimum Gasteiger partial charge on any atom is -0.508 e. The molecule has 0 aliphatic carbocycles. The van der Waals surface area contributed by atoms with Crippen LogP contribution in [0.25, 0.3) is 0 Å². The third-order valence-electron chi connectivity index (χ3n) is 8.20. The average molecular weight is 452 g/mol. The van der Waals surface area contributed by atoms with Crippen molar-refractivity contribution in [3.8, 4) is 11.5 Å². The van der Waals surface area contributed by atoms with Crippen molar-refractivity contribution in [1.29, 1.82) is 0 Å². The van der Waals surface area contributed by atoms with Crippen molar-refractivity contribution >= 4 is 0 Å². The molecular weight excluding hydrogens is 410 g/mol. The molecule has 4 N–H and O–H groups in total. The summed E-state index contributed by atoms with van der Waals surface area (Å²) in [5.74, 6) is 1.80. The van der Waals surface area contributed by atoms with Crippen molar-refractivity contribution in [1.82, 2.24) is 15.5 Å². The van der Waals surface area contributed by atoms with Gasteiger partial charge in [0.1, 0.15) is 11.5 Å². The number of rotatable bonds is 7. The first-order chi connectivity index (χ1) is 15.7. The first-order valence-electron chi connectivity index (χ1n) is 12.5. The fourth-order valence-corrected chi connectivity index (χ4v) is 5.57. The molecule has 0 radical (unpaired) electrons. The molecule has 4 atom stereocenters. The lowest BCUT2D eigenvalue weighted by Gasteiger charge is -2.46. The summed E-state index contributed by atoms with van der Waals surface area (Å²) in [5, 5.41) is 27.2. The van der Waals surface area contributed by atoms with Crippen LogP contribution in [-0.4, -0.2) is 53.4 Å². The Kier molecular flexibility index (Phi) is 7.32. The summed E-state index contributed by atoms with van der Waals surface area (Å²) >= 11 is 0. The summed E-state index contributed by atoms with van der Waals surface area (Å²) in [4.78, 5) is 2.62. The fourth-order valence-electron chi connectivity index (χ4n) is 5.57. The molecule has 180 valence electrons. The highest BCUT2D eigenvalue weighted by molar-refractivity contribution is 5.37. The van der Waals surface area contributed by atoms with E-state index in [1.807, 2.05) is 18.2 Å². The van der Waals surface area contributed by atoms with Gasteiger partial charge in [0.05, 0.1) is 0 Å². The van der Waals surface area contributed by atoms with Gasteiger partial charge in [-0.1, -0.05) is 45.9 Å². The number of piperidine rings is 1. The molecule has 2 aromatic carbocycles. The third kappa shape index (κ3) is 5.53. The minimum atomic E-state index is 0.101. The fraction of sp³-hybridized carbons (Fsp3) is 0.571. The van der Waals surface area contributed by atoms with Gasteiger partial charge in [-0.2, -0.15) is 0 Å². The average Bonchev–Trinajstić information content (AvgIpc) is 2.78. The number of benzene rings is 2. The van der Waals surface area contributed by atoms with Gasteiger partial charge in [-0.3, -0.25) is 0 Å². The predicted molar refractivity (Wildman–Crippen MR) is 135 cm³/mol. The molecular formula is C28H41N3O2. The number of phenolic OH excluding ortho intramolecular Hbond substituents is 2. The van der Waals surface area contributed by atoms with Crippen molar-refractivity contribution in [2.24, 2.45) is 11.8 Å². The van der Waals surface area contributed by atoms with Crippen LogP contribution in [-0.2, 0) is 18.4 Å². The molecule has 1 saturated heterocycles. The second kappa shape index (κ2) is 10.0. The molecule has 5 nitrogen and oxygen atoms in total. The molecule has 2 aromatic rings. The lowest BCUT2D eigenvalue weighted by molar-refractivity contribution is 0.0952. The van der Waals surface area contributed by atoms with Gasteiger partial charge in [0.25, 0.3) is 0 Å². The maximum absolute atomic E-state index is 9.97. The number of nitrogens with zero attached hydrogens (tertiary/aromatic N) is 1. The molecule has 0 aromatic heterocycles. The van der Waals surface area contributed by atoms with Gasteiger partial charge in [0.2, 0.25) is 0 Å². The molecule has 5 heteroatoms. The van der Waals surface area contributed by atoms with E-state index in [9.17, 15) is 10.2 Å². The Balaban J connectivity index is 1.32. The topological polar surface area (TPSA) is 67.8 Å². The highest BCUT2D eigenvalue weighted by Crippen LogP contribution is 2.40. The van der Waals surface area contributed by atoms with Crippen LogP contribution in [0.3, 0.4) is 0 Å². The van der Waals surface area contributed by atoms with E-state index in [4.69, 9.17) is 0 Å². The summed E-state index contributed by atoms with van der Waals surface area (Å²) < 4.78 is 0. The molecule has 33 heavy (non-hydrogen) atoms. The Morgan fingerprint density at radius 1 is 1.12 bits per heavy atom. The smallest absolute Gasteiger partial charge is 0.115 e. The molecule has 1 fully saturated rings. The van der Waals surface area contributed by atoms with Crippen LogP contribution in [0.1, 0.15) is 50.8 Å². The van der Waals surface area contributed by atoms with Crippen LogP contribution in [0.2, 0.25) is 0 Å². The van der Waals surface area contributed by atoms with Crippen LogP contribution >= 0.6 is 0 Å². The zero-order chi connectivity index (χ0) is 23.6. The largest absolute Gasteiger partial charge is 0.508 e. The number of likely N-dealkylation sites (tertiary alicyclic amines) is 1. The molecule has 0 amide bonds. The normalized spacial score (nSPS) is 26.8. The Bertz CT molecular complexity index is 946. The van der Waals surface area contributed by atoms with E-state index in [2.05, 4.69) is 55.4 Å². The van der Waals surface area contributed by atoms with Crippen LogP contribution in [0.15, 0.2) is 42.5 Å². The number of fused-ring (bicyclic) bond motifs is 1. The third-order valence-corrected chi connectivity index (χ3v) is 8.20. The maximum atomic E-state index is 9.97. The Morgan fingerprint density at radius 2 is 1.91 bits per heavy atom. The second-order valence-electron chi connectivity index (χ2n) is 10.9. The quantitative estimate of drug-likeness (QED) is 0.512. The second-order valence-corrected chi connectivity index (χ2v) is 10.9. The number of hydrogen-bond acceptors (Lipinski definition) is 5. The first kappa shape index (κ1) is 24.1. The van der Waals surface area contributed by atoms with E-state index >= 15 is 0 Å². The predicted octanol–water partition coefficient (Wildman–Crippen LogP) is 4.03. The summed E-state index contributed by atoms with van der Waals surface area (Å²) in [5.41, 5.74) is 3.91. The molecule has 0 saturated carbocycles. The summed E-state index contributed by atoms with van der Waals surface area (Å²) in [7, 11) is 0. The molecule has 2 heterocycles. The Labute approximate surface area is 199 Å². The van der Waals surface area contributed by atoms with Crippen molar-refractivity contribution in [2.75, 3.05) is 26.2 Å². The number of hydrogen-bond donors (Lipinski definition) is 4. The van der Waals surface area contributed by atoms with E-state index in [0.29, 0.717) is 35.4 Å². The van der Waals surface area contributed by atoms with Gasteiger partial charge < -0.3 is 25.7 Å². The summed E-state index contributed by atoms with van der Waals surface area (Å²) in [6.45, 7) is 14.3. The molecule has 0 spiro atoms. The first-order valence-corrected chi connectivity index (χ1v) is 12.5. The van der Waals surface area contributed by atoms with Gasteiger partial charge in [0.15, 0.2) is 0 Å². The van der Waals surface area contributed by atoms with E-state index in [-0.39, 0.29) is 5.41 Å². The molecule has 2 aliphatic rings. The zero-order valence-electron chi connectivity index (χ0n) is 20.6. The summed E-state index contributed by atoms with van der Waals surface area (Å²) in [6, 6.07) is 14.4. The maximum Gasteiger partial charge on any atom is 0.115 e. The van der Waals surface area contributed by atoms with Crippen molar-refractivity contribution in [2.45, 2.75) is 64.6 Å². The number of phenols is 2. The SMILES string of the molecule is CC(C)[C@@H](CN1CC[C@@](C)(c2cccc(O)c2)[C@@H](C)C1)NCC1Cc2ccc(O)cc2CN1. The van der Waals surface area contributed by atoms with E-state index in [0.717, 1.165) is 45.6 Å². The van der Waals surface area contributed by atoms with E-state index in [1.165, 1.54) is 16.7 Å². The van der Waals surface area contributed by atoms with Crippen LogP contribution in [0.4, 0.5) is 0 Å². The van der Waals surface area contributed by atoms with Gasteiger partial charge in [-0.15, -0.1) is 0 Å². The van der Waals surface area contributed by atoms with Gasteiger partial charge in [-0.05, 0) is 77.6 Å². The Hall–Kier alpha value is -2.08. The molecule has 2 aliphatic heterocycles. The van der Waals surface area contributed by atoms with Crippen LogP contribution in [0, 0.1) is 11.8 Å². The van der Waals surface area contributed by atoms with E-state index < -0.39 is 0 Å². The lowest BCUT2D eigenvalue weighted by atomic mass is 9.68. The molecule has 1 unspecified atom stereocenters. The highest BCUT2D eigenvalue weighted by Gasteiger charge is 2.38. The van der Waals surface area contributed by atoms with Gasteiger partial charge >= 0.3 is 0 Å². The monoisotopic (exact) mass is 451 g/mol. The highest BCUT2D eigenvalue weighted by atomic mass is 16.3. The van der Waals surface area contributed by atoms with Crippen LogP contribution in [0.5, 0.6) is 11.5 Å². The molecule has 4 rings (SSSR count). The van der Waals surface area contributed by atoms with Gasteiger partial charge in [0, 0.05) is 38.3 Å². The lowest BCUT2D eigenvalue weighted by Crippen LogP contribution is -2.54. The van der Waals surface area contributed by atoms with Crippen molar-refractivity contribution in [3.05, 3.63) is 59.2 Å². The van der Waals surface area contributed by atoms with Gasteiger partial charge in [-0.25, -0.2) is 0 Å². The summed E-state index contributed by atoms with van der Waals surface area (Å²) in [6.07, 6.45) is 2.10. The minimum absolute atomic E-state index is 0.101. The number of nitrogens with one attached hydrogen (secondary N) is 2. The molecule has 0 bridgehead atoms. The van der Waals surface area contributed by atoms with E-state index in [1.54, 1.807) is 12.1 Å².